The van der Waals surface area contributed by atoms with Crippen LogP contribution in [-0.2, 0) is 21.5 Å². The SMILES string of the molecule is COC(=O)CCc1c(C)nn(-c2ccc(C(=O)NC(C)(C)c3ccc4c(c3)OCCO4)cc2)c1C. The van der Waals surface area contributed by atoms with E-state index in [4.69, 9.17) is 14.2 Å². The average Bonchev–Trinajstić information content (AvgIpc) is 3.14. The summed E-state index contributed by atoms with van der Waals surface area (Å²) in [6.45, 7) is 8.86. The minimum absolute atomic E-state index is 0.177. The fourth-order valence-electron chi connectivity index (χ4n) is 4.23. The molecule has 0 bridgehead atoms. The Morgan fingerprint density at radius 3 is 2.43 bits per heavy atom. The zero-order valence-corrected chi connectivity index (χ0v) is 20.8. The number of carbonyl (C=O) groups is 2. The number of hydrogen-bond donors (Lipinski definition) is 1. The van der Waals surface area contributed by atoms with Crippen molar-refractivity contribution in [2.24, 2.45) is 0 Å². The number of methoxy groups -OCH3 is 1. The molecule has 1 aliphatic rings. The molecule has 0 fully saturated rings. The van der Waals surface area contributed by atoms with Crippen molar-refractivity contribution in [2.75, 3.05) is 20.3 Å². The molecule has 2 aromatic carbocycles. The van der Waals surface area contributed by atoms with Crippen molar-refractivity contribution < 1.29 is 23.8 Å². The van der Waals surface area contributed by atoms with E-state index in [9.17, 15) is 9.59 Å². The number of nitrogens with one attached hydrogen (secondary N) is 1. The van der Waals surface area contributed by atoms with Gasteiger partial charge in [-0.1, -0.05) is 6.07 Å². The summed E-state index contributed by atoms with van der Waals surface area (Å²) in [5, 5.41) is 7.75. The summed E-state index contributed by atoms with van der Waals surface area (Å²) in [6.07, 6.45) is 0.877. The normalized spacial score (nSPS) is 12.8. The number of aromatic nitrogens is 2. The van der Waals surface area contributed by atoms with Crippen molar-refractivity contribution in [2.45, 2.75) is 46.1 Å². The quantitative estimate of drug-likeness (QED) is 0.517. The molecule has 1 aliphatic heterocycles. The number of nitrogens with zero attached hydrogens (tertiary/aromatic N) is 2. The van der Waals surface area contributed by atoms with Crippen LogP contribution in [0, 0.1) is 13.8 Å². The van der Waals surface area contributed by atoms with Crippen LogP contribution in [-0.4, -0.2) is 42.0 Å². The van der Waals surface area contributed by atoms with Crippen molar-refractivity contribution in [3.63, 3.8) is 0 Å². The van der Waals surface area contributed by atoms with E-state index in [1.165, 1.54) is 7.11 Å². The van der Waals surface area contributed by atoms with Crippen LogP contribution >= 0.6 is 0 Å². The first-order valence-electron chi connectivity index (χ1n) is 11.6. The lowest BCUT2D eigenvalue weighted by molar-refractivity contribution is -0.140. The van der Waals surface area contributed by atoms with E-state index in [1.54, 1.807) is 12.1 Å². The Morgan fingerprint density at radius 1 is 1.06 bits per heavy atom. The van der Waals surface area contributed by atoms with Crippen LogP contribution in [0.5, 0.6) is 11.5 Å². The Labute approximate surface area is 205 Å². The second kappa shape index (κ2) is 9.82. The van der Waals surface area contributed by atoms with E-state index in [2.05, 4.69) is 10.4 Å². The molecule has 0 spiro atoms. The molecule has 1 aromatic heterocycles. The molecule has 8 heteroatoms. The molecule has 0 unspecified atom stereocenters. The van der Waals surface area contributed by atoms with Crippen LogP contribution in [0.1, 0.15) is 53.1 Å². The van der Waals surface area contributed by atoms with E-state index in [0.29, 0.717) is 37.4 Å². The summed E-state index contributed by atoms with van der Waals surface area (Å²) < 4.78 is 17.9. The second-order valence-electron chi connectivity index (χ2n) is 9.12. The molecule has 1 N–H and O–H groups in total. The molecule has 4 rings (SSSR count). The summed E-state index contributed by atoms with van der Waals surface area (Å²) in [4.78, 5) is 24.6. The van der Waals surface area contributed by atoms with Crippen molar-refractivity contribution >= 4 is 11.9 Å². The monoisotopic (exact) mass is 477 g/mol. The molecule has 2 heterocycles. The highest BCUT2D eigenvalue weighted by atomic mass is 16.6. The molecule has 8 nitrogen and oxygen atoms in total. The first-order chi connectivity index (χ1) is 16.7. The number of ether oxygens (including phenoxy) is 3. The molecule has 35 heavy (non-hydrogen) atoms. The summed E-state index contributed by atoms with van der Waals surface area (Å²) in [7, 11) is 1.39. The molecule has 0 radical (unpaired) electrons. The van der Waals surface area contributed by atoms with Crippen LogP contribution < -0.4 is 14.8 Å². The number of benzene rings is 2. The van der Waals surface area contributed by atoms with Crippen LogP contribution in [0.15, 0.2) is 42.5 Å². The van der Waals surface area contributed by atoms with Gasteiger partial charge in [0.25, 0.3) is 5.91 Å². The first-order valence-corrected chi connectivity index (χ1v) is 11.6. The summed E-state index contributed by atoms with van der Waals surface area (Å²) in [5.74, 6) is 0.987. The number of carbonyl (C=O) groups excluding carboxylic acids is 2. The smallest absolute Gasteiger partial charge is 0.305 e. The van der Waals surface area contributed by atoms with Gasteiger partial charge in [0.05, 0.1) is 24.0 Å². The standard InChI is InChI=1S/C27H31N3O5/c1-17-22(11-13-25(31)33-5)18(2)30(29-17)21-9-6-19(7-10-21)26(32)28-27(3,4)20-8-12-23-24(16-20)35-15-14-34-23/h6-10,12,16H,11,13-15H2,1-5H3,(H,28,32). The molecular formula is C27H31N3O5. The maximum atomic E-state index is 13.0. The van der Waals surface area contributed by atoms with Crippen molar-refractivity contribution in [1.29, 1.82) is 0 Å². The van der Waals surface area contributed by atoms with Gasteiger partial charge in [-0.3, -0.25) is 9.59 Å². The van der Waals surface area contributed by atoms with Crippen LogP contribution in [0.3, 0.4) is 0 Å². The van der Waals surface area contributed by atoms with Gasteiger partial charge in [-0.25, -0.2) is 4.68 Å². The van der Waals surface area contributed by atoms with Gasteiger partial charge < -0.3 is 19.5 Å². The zero-order chi connectivity index (χ0) is 25.2. The van der Waals surface area contributed by atoms with Crippen LogP contribution in [0.25, 0.3) is 5.69 Å². The van der Waals surface area contributed by atoms with Crippen LogP contribution in [0.4, 0.5) is 0 Å². The lowest BCUT2D eigenvalue weighted by Crippen LogP contribution is -2.41. The van der Waals surface area contributed by atoms with Crippen molar-refractivity contribution in [3.8, 4) is 17.2 Å². The minimum atomic E-state index is -0.615. The highest BCUT2D eigenvalue weighted by Gasteiger charge is 2.26. The summed E-state index contributed by atoms with van der Waals surface area (Å²) in [5.41, 5.74) is 4.56. The van der Waals surface area contributed by atoms with Gasteiger partial charge in [0.1, 0.15) is 13.2 Å². The van der Waals surface area contributed by atoms with Gasteiger partial charge in [-0.2, -0.15) is 5.10 Å². The molecule has 0 aliphatic carbocycles. The van der Waals surface area contributed by atoms with Crippen molar-refractivity contribution in [3.05, 3.63) is 70.5 Å². The highest BCUT2D eigenvalue weighted by molar-refractivity contribution is 5.95. The number of hydrogen-bond acceptors (Lipinski definition) is 6. The molecule has 0 saturated carbocycles. The number of fused-ring (bicyclic) bond motifs is 1. The molecule has 3 aromatic rings. The van der Waals surface area contributed by atoms with E-state index in [1.807, 2.05) is 62.7 Å². The molecule has 0 saturated heterocycles. The maximum absolute atomic E-state index is 13.0. The molecular weight excluding hydrogens is 446 g/mol. The van der Waals surface area contributed by atoms with E-state index < -0.39 is 5.54 Å². The largest absolute Gasteiger partial charge is 0.486 e. The Balaban J connectivity index is 1.48. The maximum Gasteiger partial charge on any atom is 0.305 e. The predicted octanol–water partition coefficient (Wildman–Crippen LogP) is 4.03. The number of rotatable bonds is 7. The Morgan fingerprint density at radius 2 is 1.74 bits per heavy atom. The third-order valence-electron chi connectivity index (χ3n) is 6.31. The second-order valence-corrected chi connectivity index (χ2v) is 9.12. The molecule has 184 valence electrons. The van der Waals surface area contributed by atoms with E-state index in [0.717, 1.165) is 34.0 Å². The van der Waals surface area contributed by atoms with Gasteiger partial charge in [-0.15, -0.1) is 0 Å². The Bertz CT molecular complexity index is 1240. The van der Waals surface area contributed by atoms with Gasteiger partial charge >= 0.3 is 5.97 Å². The fraction of sp³-hybridized carbons (Fsp3) is 0.370. The lowest BCUT2D eigenvalue weighted by atomic mass is 9.93. The van der Waals surface area contributed by atoms with E-state index in [-0.39, 0.29) is 11.9 Å². The molecule has 1 amide bonds. The third-order valence-corrected chi connectivity index (χ3v) is 6.31. The minimum Gasteiger partial charge on any atom is -0.486 e. The summed E-state index contributed by atoms with van der Waals surface area (Å²) >= 11 is 0. The Kier molecular flexibility index (Phi) is 6.82. The van der Waals surface area contributed by atoms with Crippen LogP contribution in [0.2, 0.25) is 0 Å². The van der Waals surface area contributed by atoms with Gasteiger partial charge in [0.2, 0.25) is 0 Å². The number of esters is 1. The van der Waals surface area contributed by atoms with Crippen molar-refractivity contribution in [1.82, 2.24) is 15.1 Å². The summed E-state index contributed by atoms with van der Waals surface area (Å²) in [6, 6.07) is 13.0. The predicted molar refractivity (Wildman–Crippen MR) is 131 cm³/mol. The molecule has 0 atom stereocenters. The number of aryl methyl sites for hydroxylation is 1. The third kappa shape index (κ3) is 5.16. The topological polar surface area (TPSA) is 91.7 Å². The van der Waals surface area contributed by atoms with E-state index >= 15 is 0 Å². The van der Waals surface area contributed by atoms with Gasteiger partial charge in [0, 0.05) is 17.7 Å². The highest BCUT2D eigenvalue weighted by Crippen LogP contribution is 2.34. The average molecular weight is 478 g/mol. The first kappa shape index (κ1) is 24.3. The van der Waals surface area contributed by atoms with Gasteiger partial charge in [0.15, 0.2) is 11.5 Å². The fourth-order valence-corrected chi connectivity index (χ4v) is 4.23. The van der Waals surface area contributed by atoms with Gasteiger partial charge in [-0.05, 0) is 81.6 Å². The number of amides is 1. The Hall–Kier alpha value is -3.81. The lowest BCUT2D eigenvalue weighted by Gasteiger charge is -2.28. The zero-order valence-electron chi connectivity index (χ0n) is 20.8.